The van der Waals surface area contributed by atoms with Gasteiger partial charge in [-0.3, -0.25) is 4.68 Å². The van der Waals surface area contributed by atoms with Gasteiger partial charge in [-0.15, -0.1) is 0 Å². The largest absolute Gasteiger partial charge is 0.416 e. The SMILES string of the molecule is CCC1CC(N(Cc2cc(C(F)(F)F)cc(C(F)(F)F)c2)c2ncc(-c3cnn(C)c3)cn2)CN1c1nc(N2CCCCC2)ncc1Cl. The second-order valence-electron chi connectivity index (χ2n) is 12.2. The van der Waals surface area contributed by atoms with Crippen LogP contribution in [-0.4, -0.2) is 61.4 Å². The van der Waals surface area contributed by atoms with Crippen molar-refractivity contribution in [3.8, 4) is 11.1 Å². The summed E-state index contributed by atoms with van der Waals surface area (Å²) in [6, 6.07) is 1.15. The average Bonchev–Trinajstić information content (AvgIpc) is 3.70. The van der Waals surface area contributed by atoms with E-state index in [1.54, 1.807) is 47.6 Å². The minimum atomic E-state index is -4.98. The molecule has 5 heterocycles. The summed E-state index contributed by atoms with van der Waals surface area (Å²) in [4.78, 5) is 24.3. The van der Waals surface area contributed by atoms with Crippen molar-refractivity contribution >= 4 is 29.3 Å². The van der Waals surface area contributed by atoms with Gasteiger partial charge in [0.05, 0.1) is 29.6 Å². The van der Waals surface area contributed by atoms with Gasteiger partial charge >= 0.3 is 12.4 Å². The van der Waals surface area contributed by atoms with Crippen molar-refractivity contribution < 1.29 is 26.3 Å². The van der Waals surface area contributed by atoms with Crippen LogP contribution in [0, 0.1) is 0 Å². The molecule has 0 saturated carbocycles. The Morgan fingerprint density at radius 2 is 1.54 bits per heavy atom. The number of halogens is 7. The Balaban J connectivity index is 1.37. The maximum absolute atomic E-state index is 13.8. The number of anilines is 3. The molecule has 0 amide bonds. The molecule has 0 spiro atoms. The number of benzene rings is 1. The molecule has 2 fully saturated rings. The molecule has 4 aromatic rings. The molecule has 2 atom stereocenters. The number of nitrogens with zero attached hydrogens (tertiary/aromatic N) is 9. The monoisotopic (exact) mass is 693 g/mol. The number of rotatable bonds is 8. The third-order valence-electron chi connectivity index (χ3n) is 8.86. The first kappa shape index (κ1) is 33.7. The molecule has 2 unspecified atom stereocenters. The molecule has 6 rings (SSSR count). The number of aryl methyl sites for hydroxylation is 1. The van der Waals surface area contributed by atoms with E-state index in [1.165, 1.54) is 0 Å². The van der Waals surface area contributed by atoms with Crippen LogP contribution in [0.3, 0.4) is 0 Å². The molecular formula is C32H34ClF6N9. The summed E-state index contributed by atoms with van der Waals surface area (Å²) in [6.45, 7) is 3.70. The molecule has 0 N–H and O–H groups in total. The van der Waals surface area contributed by atoms with E-state index in [-0.39, 0.29) is 30.2 Å². The maximum Gasteiger partial charge on any atom is 0.416 e. The highest BCUT2D eigenvalue weighted by atomic mass is 35.5. The first-order valence-electron chi connectivity index (χ1n) is 15.7. The van der Waals surface area contributed by atoms with Crippen LogP contribution in [0.4, 0.5) is 44.1 Å². The van der Waals surface area contributed by atoms with Gasteiger partial charge in [-0.2, -0.15) is 36.4 Å². The Morgan fingerprint density at radius 1 is 0.875 bits per heavy atom. The van der Waals surface area contributed by atoms with Gasteiger partial charge in [-0.1, -0.05) is 18.5 Å². The molecule has 0 aliphatic carbocycles. The summed E-state index contributed by atoms with van der Waals surface area (Å²) in [5.74, 6) is 1.27. The summed E-state index contributed by atoms with van der Waals surface area (Å²) in [5, 5.41) is 4.51. The highest BCUT2D eigenvalue weighted by molar-refractivity contribution is 6.32. The third kappa shape index (κ3) is 7.30. The fourth-order valence-electron chi connectivity index (χ4n) is 6.42. The Labute approximate surface area is 278 Å². The van der Waals surface area contributed by atoms with Crippen molar-refractivity contribution in [3.05, 3.63) is 70.9 Å². The van der Waals surface area contributed by atoms with E-state index in [9.17, 15) is 26.3 Å². The van der Waals surface area contributed by atoms with Crippen molar-refractivity contribution in [1.29, 1.82) is 0 Å². The van der Waals surface area contributed by atoms with E-state index in [2.05, 4.69) is 25.0 Å². The zero-order valence-electron chi connectivity index (χ0n) is 26.3. The minimum Gasteiger partial charge on any atom is -0.350 e. The van der Waals surface area contributed by atoms with Gasteiger partial charge in [0.1, 0.15) is 5.02 Å². The van der Waals surface area contributed by atoms with Crippen LogP contribution in [-0.2, 0) is 25.9 Å². The van der Waals surface area contributed by atoms with E-state index in [0.717, 1.165) is 50.0 Å². The predicted octanol–water partition coefficient (Wildman–Crippen LogP) is 7.41. The van der Waals surface area contributed by atoms with Gasteiger partial charge in [0.25, 0.3) is 0 Å². The summed E-state index contributed by atoms with van der Waals surface area (Å²) >= 11 is 6.67. The third-order valence-corrected chi connectivity index (χ3v) is 9.13. The van der Waals surface area contributed by atoms with Gasteiger partial charge in [0, 0.05) is 69.0 Å². The second-order valence-corrected chi connectivity index (χ2v) is 12.6. The second kappa shape index (κ2) is 13.4. The van der Waals surface area contributed by atoms with Gasteiger partial charge in [0.15, 0.2) is 5.82 Å². The lowest BCUT2D eigenvalue weighted by molar-refractivity contribution is -0.143. The van der Waals surface area contributed by atoms with Crippen molar-refractivity contribution in [2.24, 2.45) is 7.05 Å². The molecule has 3 aromatic heterocycles. The molecule has 9 nitrogen and oxygen atoms in total. The molecule has 2 aliphatic heterocycles. The molecular weight excluding hydrogens is 660 g/mol. The summed E-state index contributed by atoms with van der Waals surface area (Å²) < 4.78 is 84.4. The first-order valence-corrected chi connectivity index (χ1v) is 16.1. The highest BCUT2D eigenvalue weighted by Gasteiger charge is 2.40. The van der Waals surface area contributed by atoms with Crippen molar-refractivity contribution in [2.75, 3.05) is 34.3 Å². The van der Waals surface area contributed by atoms with E-state index in [1.807, 2.05) is 11.8 Å². The van der Waals surface area contributed by atoms with Gasteiger partial charge < -0.3 is 14.7 Å². The Bertz CT molecular complexity index is 1690. The fourth-order valence-corrected chi connectivity index (χ4v) is 6.62. The number of aromatic nitrogens is 6. The summed E-state index contributed by atoms with van der Waals surface area (Å²) in [6.07, 6.45) is 2.57. The zero-order valence-corrected chi connectivity index (χ0v) is 27.1. The fraction of sp³-hybridized carbons (Fsp3) is 0.469. The molecule has 0 radical (unpaired) electrons. The first-order chi connectivity index (χ1) is 22.8. The van der Waals surface area contributed by atoms with Crippen molar-refractivity contribution in [3.63, 3.8) is 0 Å². The number of alkyl halides is 6. The Morgan fingerprint density at radius 3 is 2.12 bits per heavy atom. The van der Waals surface area contributed by atoms with Crippen LogP contribution in [0.2, 0.25) is 5.02 Å². The van der Waals surface area contributed by atoms with Gasteiger partial charge in [0.2, 0.25) is 11.9 Å². The van der Waals surface area contributed by atoms with Crippen molar-refractivity contribution in [1.82, 2.24) is 29.7 Å². The Kier molecular flexibility index (Phi) is 9.42. The lowest BCUT2D eigenvalue weighted by Crippen LogP contribution is -2.39. The predicted molar refractivity (Wildman–Crippen MR) is 170 cm³/mol. The van der Waals surface area contributed by atoms with Crippen LogP contribution < -0.4 is 14.7 Å². The van der Waals surface area contributed by atoms with Crippen LogP contribution in [0.15, 0.2) is 49.2 Å². The molecule has 16 heteroatoms. The number of piperidine rings is 1. The van der Waals surface area contributed by atoms with Crippen LogP contribution in [0.25, 0.3) is 11.1 Å². The minimum absolute atomic E-state index is 0.0824. The molecule has 2 aliphatic rings. The molecule has 256 valence electrons. The average molecular weight is 694 g/mol. The quantitative estimate of drug-likeness (QED) is 0.177. The lowest BCUT2D eigenvalue weighted by atomic mass is 10.0. The number of hydrogen-bond donors (Lipinski definition) is 0. The van der Waals surface area contributed by atoms with Crippen LogP contribution in [0.1, 0.15) is 55.7 Å². The van der Waals surface area contributed by atoms with E-state index >= 15 is 0 Å². The highest BCUT2D eigenvalue weighted by Crippen LogP contribution is 2.39. The molecule has 48 heavy (non-hydrogen) atoms. The number of hydrogen-bond acceptors (Lipinski definition) is 8. The van der Waals surface area contributed by atoms with Crippen molar-refractivity contribution in [2.45, 2.75) is 70.0 Å². The standard InChI is InChI=1S/C32H34ClF6N9/c1-3-25-12-26(19-47(25)28-27(33)16-42-30(44-28)46-7-5-4-6-8-46)48(29-40-13-21(14-41-29)22-15-43-45(2)18-22)17-20-9-23(31(34,35)36)11-24(10-20)32(37,38)39/h9-11,13-16,18,25-26H,3-8,12,17,19H2,1-2H3. The van der Waals surface area contributed by atoms with Crippen LogP contribution in [0.5, 0.6) is 0 Å². The maximum atomic E-state index is 13.8. The summed E-state index contributed by atoms with van der Waals surface area (Å²) in [7, 11) is 1.76. The van der Waals surface area contributed by atoms with Gasteiger partial charge in [-0.25, -0.2) is 15.0 Å². The smallest absolute Gasteiger partial charge is 0.350 e. The molecule has 0 bridgehead atoms. The zero-order chi connectivity index (χ0) is 34.2. The van der Waals surface area contributed by atoms with E-state index in [0.29, 0.717) is 41.7 Å². The van der Waals surface area contributed by atoms with Gasteiger partial charge in [-0.05, 0) is 55.9 Å². The molecule has 2 saturated heterocycles. The summed E-state index contributed by atoms with van der Waals surface area (Å²) in [5.41, 5.74) is -1.52. The Hall–Kier alpha value is -4.14. The van der Waals surface area contributed by atoms with E-state index < -0.39 is 29.5 Å². The van der Waals surface area contributed by atoms with Crippen LogP contribution >= 0.6 is 11.6 Å². The van der Waals surface area contributed by atoms with E-state index in [4.69, 9.17) is 16.6 Å². The normalized spacial score (nSPS) is 18.9. The topological polar surface area (TPSA) is 79.1 Å². The lowest BCUT2D eigenvalue weighted by Gasteiger charge is -2.31. The molecule has 1 aromatic carbocycles.